The van der Waals surface area contributed by atoms with E-state index in [-0.39, 0.29) is 33.0 Å². The normalized spacial score (nSPS) is 24.4. The third-order valence-electron chi connectivity index (χ3n) is 12.7. The molecule has 2 heterocycles. The van der Waals surface area contributed by atoms with Crippen LogP contribution in [-0.2, 0) is 93.6 Å². The fourth-order valence-corrected chi connectivity index (χ4v) is 8.96. The lowest BCUT2D eigenvalue weighted by molar-refractivity contribution is -0.375. The highest BCUT2D eigenvalue weighted by Crippen LogP contribution is 2.37. The molecule has 2 fully saturated rings. The Bertz CT molecular complexity index is 2530. The Morgan fingerprint density at radius 2 is 0.592 bits per heavy atom. The summed E-state index contributed by atoms with van der Waals surface area (Å²) in [5.41, 5.74) is 7.01. The molecule has 10 nitrogen and oxygen atoms in total. The van der Waals surface area contributed by atoms with E-state index in [0.29, 0.717) is 19.8 Å². The zero-order chi connectivity index (χ0) is 48.3. The molecule has 7 aromatic rings. The lowest BCUT2D eigenvalue weighted by atomic mass is 9.96. The van der Waals surface area contributed by atoms with E-state index in [4.69, 9.17) is 47.4 Å². The third kappa shape index (κ3) is 14.6. The van der Waals surface area contributed by atoms with E-state index >= 15 is 0 Å². The number of benzene rings is 7. The summed E-state index contributed by atoms with van der Waals surface area (Å²) < 4.78 is 69.7. The van der Waals surface area contributed by atoms with Gasteiger partial charge in [0.2, 0.25) is 0 Å². The van der Waals surface area contributed by atoms with E-state index in [1.165, 1.54) is 0 Å². The van der Waals surface area contributed by atoms with E-state index in [0.717, 1.165) is 38.9 Å². The van der Waals surface area contributed by atoms with Crippen LogP contribution in [0.3, 0.4) is 0 Å². The maximum absolute atomic E-state index is 7.46. The van der Waals surface area contributed by atoms with Gasteiger partial charge < -0.3 is 47.4 Å². The summed E-state index contributed by atoms with van der Waals surface area (Å²) in [6, 6.07) is 70.6. The van der Waals surface area contributed by atoms with E-state index in [1.54, 1.807) is 0 Å². The van der Waals surface area contributed by atoms with Gasteiger partial charge in [0.05, 0.1) is 59.0 Å². The van der Waals surface area contributed by atoms with Gasteiger partial charge in [0.1, 0.15) is 42.7 Å². The summed E-state index contributed by atoms with van der Waals surface area (Å²) in [4.78, 5) is 0. The lowest BCUT2D eigenvalue weighted by Crippen LogP contribution is -2.65. The summed E-state index contributed by atoms with van der Waals surface area (Å²) in [5.74, 6) is 0. The highest BCUT2D eigenvalue weighted by atomic mass is 16.8. The van der Waals surface area contributed by atoms with Crippen LogP contribution in [0, 0.1) is 0 Å². The molecule has 0 unspecified atom stereocenters. The van der Waals surface area contributed by atoms with Gasteiger partial charge in [-0.1, -0.05) is 212 Å². The molecule has 0 saturated carbocycles. The van der Waals surface area contributed by atoms with Gasteiger partial charge in [-0.15, -0.1) is 0 Å². The van der Waals surface area contributed by atoms with Gasteiger partial charge in [-0.2, -0.15) is 0 Å². The molecule has 7 aromatic carbocycles. The minimum Gasteiger partial charge on any atom is -0.374 e. The van der Waals surface area contributed by atoms with E-state index in [9.17, 15) is 0 Å². The van der Waals surface area contributed by atoms with Gasteiger partial charge in [0.25, 0.3) is 0 Å². The quantitative estimate of drug-likeness (QED) is 0.0583. The number of hydrogen-bond donors (Lipinski definition) is 0. The van der Waals surface area contributed by atoms with Gasteiger partial charge in [-0.25, -0.2) is 0 Å². The fourth-order valence-electron chi connectivity index (χ4n) is 8.96. The maximum Gasteiger partial charge on any atom is 0.187 e. The van der Waals surface area contributed by atoms with Crippen molar-refractivity contribution in [3.63, 3.8) is 0 Å². The predicted molar refractivity (Wildman–Crippen MR) is 270 cm³/mol. The minimum absolute atomic E-state index is 0.135. The Balaban J connectivity index is 1.09. The first-order valence-corrected chi connectivity index (χ1v) is 24.6. The topological polar surface area (TPSA) is 92.3 Å². The molecule has 10 heteroatoms. The first-order valence-electron chi connectivity index (χ1n) is 24.6. The van der Waals surface area contributed by atoms with Crippen LogP contribution in [0.2, 0.25) is 0 Å². The van der Waals surface area contributed by atoms with Crippen molar-refractivity contribution in [3.05, 3.63) is 251 Å². The molecular formula is C61H64O10. The van der Waals surface area contributed by atoms with Crippen molar-refractivity contribution in [2.24, 2.45) is 0 Å². The molecule has 10 atom stereocenters. The average molecular weight is 957 g/mol. The van der Waals surface area contributed by atoms with Gasteiger partial charge >= 0.3 is 0 Å². The molecule has 2 saturated heterocycles. The van der Waals surface area contributed by atoms with Crippen molar-refractivity contribution in [2.75, 3.05) is 6.61 Å². The first kappa shape index (κ1) is 50.1. The Morgan fingerprint density at radius 3 is 0.972 bits per heavy atom. The van der Waals surface area contributed by atoms with Crippen LogP contribution in [-0.4, -0.2) is 68.0 Å². The SMILES string of the molecule is C[C@H]1O[C@@H](O[C@H]2[C@H](OCc3ccccc3)[C@@H](OCc3ccccc3)[C@H](OCc3ccccc3)O[C@@H]2COCc2ccccc2)[C@H](OCc2ccccc2)[C@@H](OCc2ccccc2)[C@H]1OCc1ccccc1. The van der Waals surface area contributed by atoms with Crippen molar-refractivity contribution in [3.8, 4) is 0 Å². The molecule has 2 aliphatic rings. The van der Waals surface area contributed by atoms with Gasteiger partial charge in [0.15, 0.2) is 12.6 Å². The maximum atomic E-state index is 7.46. The second-order valence-electron chi connectivity index (χ2n) is 18.0. The van der Waals surface area contributed by atoms with Crippen LogP contribution in [0.5, 0.6) is 0 Å². The predicted octanol–water partition coefficient (Wildman–Crippen LogP) is 11.2. The smallest absolute Gasteiger partial charge is 0.187 e. The van der Waals surface area contributed by atoms with Crippen LogP contribution < -0.4 is 0 Å². The number of ether oxygens (including phenoxy) is 10. The van der Waals surface area contributed by atoms with Gasteiger partial charge in [0, 0.05) is 0 Å². The monoisotopic (exact) mass is 956 g/mol. The lowest BCUT2D eigenvalue weighted by Gasteiger charge is -2.50. The van der Waals surface area contributed by atoms with Crippen LogP contribution >= 0.6 is 0 Å². The Kier molecular flexibility index (Phi) is 18.7. The van der Waals surface area contributed by atoms with Crippen molar-refractivity contribution >= 4 is 0 Å². The molecule has 2 aliphatic heterocycles. The Labute approximate surface area is 418 Å². The molecule has 368 valence electrons. The largest absolute Gasteiger partial charge is 0.374 e. The molecule has 0 spiro atoms. The Hall–Kier alpha value is -5.86. The van der Waals surface area contributed by atoms with Crippen LogP contribution in [0.25, 0.3) is 0 Å². The van der Waals surface area contributed by atoms with E-state index in [1.807, 2.05) is 195 Å². The average Bonchev–Trinajstić information content (AvgIpc) is 3.43. The van der Waals surface area contributed by atoms with E-state index < -0.39 is 61.4 Å². The summed E-state index contributed by atoms with van der Waals surface area (Å²) in [6.45, 7) is 4.19. The molecule has 71 heavy (non-hydrogen) atoms. The molecular weight excluding hydrogens is 893 g/mol. The van der Waals surface area contributed by atoms with Gasteiger partial charge in [-0.3, -0.25) is 0 Å². The zero-order valence-corrected chi connectivity index (χ0v) is 40.2. The number of rotatable bonds is 24. The Morgan fingerprint density at radius 1 is 0.296 bits per heavy atom. The standard InChI is InChI=1S/C61H64O10/c1-45-54(63-38-47-25-11-3-12-26-47)56(64-39-48-27-13-4-14-28-48)59(67-42-51-33-19-7-20-34-51)61(69-45)71-55-53(44-62-37-46-23-9-2-10-24-46)70-60(68-43-52-35-21-8-22-36-52)58(66-41-50-31-17-6-18-32-50)57(55)65-40-49-29-15-5-16-30-49/h2-36,45,53-61H,37-44H2,1H3/t45-,53-,54+,55-,56+,57+,58-,59-,60-,61+/m1/s1. The molecule has 9 rings (SSSR count). The third-order valence-corrected chi connectivity index (χ3v) is 12.7. The summed E-state index contributed by atoms with van der Waals surface area (Å²) >= 11 is 0. The molecule has 0 bridgehead atoms. The molecule has 0 N–H and O–H groups in total. The summed E-state index contributed by atoms with van der Waals surface area (Å²) in [7, 11) is 0. The molecule has 0 amide bonds. The van der Waals surface area contributed by atoms with Gasteiger partial charge in [-0.05, 0) is 45.9 Å². The molecule has 0 radical (unpaired) electrons. The zero-order valence-electron chi connectivity index (χ0n) is 40.2. The van der Waals surface area contributed by atoms with Crippen LogP contribution in [0.15, 0.2) is 212 Å². The minimum atomic E-state index is -1.00. The van der Waals surface area contributed by atoms with Crippen molar-refractivity contribution in [1.29, 1.82) is 0 Å². The number of hydrogen-bond acceptors (Lipinski definition) is 10. The van der Waals surface area contributed by atoms with Crippen molar-refractivity contribution in [2.45, 2.75) is 115 Å². The van der Waals surface area contributed by atoms with Crippen molar-refractivity contribution < 1.29 is 47.4 Å². The highest BCUT2D eigenvalue weighted by Gasteiger charge is 2.54. The van der Waals surface area contributed by atoms with Crippen LogP contribution in [0.1, 0.15) is 45.9 Å². The summed E-state index contributed by atoms with van der Waals surface area (Å²) in [5, 5.41) is 0. The fraction of sp³-hybridized carbons (Fsp3) is 0.311. The molecule has 0 aliphatic carbocycles. The second kappa shape index (κ2) is 26.5. The van der Waals surface area contributed by atoms with Crippen LogP contribution in [0.4, 0.5) is 0 Å². The highest BCUT2D eigenvalue weighted by molar-refractivity contribution is 5.19. The van der Waals surface area contributed by atoms with E-state index in [2.05, 4.69) is 24.3 Å². The second-order valence-corrected chi connectivity index (χ2v) is 18.0. The molecule has 0 aromatic heterocycles. The summed E-state index contributed by atoms with van der Waals surface area (Å²) in [6.07, 6.45) is -7.53. The van der Waals surface area contributed by atoms with Crippen molar-refractivity contribution in [1.82, 2.24) is 0 Å². The first-order chi connectivity index (χ1) is 35.1.